The fraction of sp³-hybridized carbons (Fsp3) is 0.500. The number of thioether (sulfide) groups is 1. The first-order valence-corrected chi connectivity index (χ1v) is 7.66. The van der Waals surface area contributed by atoms with Crippen LogP contribution in [0.2, 0.25) is 0 Å². The molecule has 2 atom stereocenters. The van der Waals surface area contributed by atoms with Crippen molar-refractivity contribution in [3.63, 3.8) is 0 Å². The van der Waals surface area contributed by atoms with E-state index in [1.807, 2.05) is 30.0 Å². The van der Waals surface area contributed by atoms with E-state index in [0.29, 0.717) is 11.5 Å². The minimum Gasteiger partial charge on any atom is -0.493 e. The maximum absolute atomic E-state index is 10.9. The molecule has 0 saturated carbocycles. The Labute approximate surface area is 122 Å². The van der Waals surface area contributed by atoms with Gasteiger partial charge in [-0.1, -0.05) is 12.1 Å². The molecule has 1 aliphatic heterocycles. The number of carboxylic acids is 1. The summed E-state index contributed by atoms with van der Waals surface area (Å²) in [5.74, 6) is 2.31. The van der Waals surface area contributed by atoms with Gasteiger partial charge < -0.3 is 20.3 Å². The lowest BCUT2D eigenvalue weighted by molar-refractivity contribution is -0.138. The Morgan fingerprint density at radius 3 is 3.00 bits per heavy atom. The van der Waals surface area contributed by atoms with Crippen molar-refractivity contribution in [1.82, 2.24) is 0 Å². The first-order chi connectivity index (χ1) is 9.61. The van der Waals surface area contributed by atoms with Crippen LogP contribution in [0, 0.1) is 0 Å². The van der Waals surface area contributed by atoms with Crippen LogP contribution in [0.3, 0.4) is 0 Å². The normalized spacial score (nSPS) is 19.6. The summed E-state index contributed by atoms with van der Waals surface area (Å²) in [6, 6.07) is 4.56. The molecular weight excluding hydrogens is 278 g/mol. The lowest BCUT2D eigenvalue weighted by Gasteiger charge is -2.18. The molecule has 1 fully saturated rings. The molecule has 20 heavy (non-hydrogen) atoms. The van der Waals surface area contributed by atoms with Crippen molar-refractivity contribution >= 4 is 17.7 Å². The maximum Gasteiger partial charge on any atom is 0.320 e. The van der Waals surface area contributed by atoms with Gasteiger partial charge in [0.05, 0.1) is 7.11 Å². The molecular formula is C14H19NO4S. The molecule has 1 aromatic carbocycles. The predicted molar refractivity (Wildman–Crippen MR) is 78.7 cm³/mol. The average molecular weight is 297 g/mol. The number of rotatable bonds is 6. The van der Waals surface area contributed by atoms with Crippen LogP contribution in [0.15, 0.2) is 18.2 Å². The van der Waals surface area contributed by atoms with E-state index >= 15 is 0 Å². The molecule has 5 nitrogen and oxygen atoms in total. The highest BCUT2D eigenvalue weighted by molar-refractivity contribution is 7.99. The molecule has 0 bridgehead atoms. The second kappa shape index (κ2) is 6.85. The first-order valence-electron chi connectivity index (χ1n) is 6.50. The predicted octanol–water partition coefficient (Wildman–Crippen LogP) is 1.53. The molecule has 0 aromatic heterocycles. The van der Waals surface area contributed by atoms with Crippen LogP contribution < -0.4 is 15.2 Å². The van der Waals surface area contributed by atoms with Gasteiger partial charge in [0, 0.05) is 17.7 Å². The molecule has 3 N–H and O–H groups in total. The van der Waals surface area contributed by atoms with Gasteiger partial charge >= 0.3 is 5.97 Å². The zero-order chi connectivity index (χ0) is 14.5. The van der Waals surface area contributed by atoms with Crippen LogP contribution in [0.5, 0.6) is 11.5 Å². The second-order valence-corrected chi connectivity index (χ2v) is 5.85. The Morgan fingerprint density at radius 1 is 1.60 bits per heavy atom. The lowest BCUT2D eigenvalue weighted by atomic mass is 10.0. The van der Waals surface area contributed by atoms with Crippen molar-refractivity contribution in [3.05, 3.63) is 23.8 Å². The third-order valence-electron chi connectivity index (χ3n) is 3.20. The Bertz CT molecular complexity index is 474. The van der Waals surface area contributed by atoms with Crippen molar-refractivity contribution in [2.45, 2.75) is 25.0 Å². The highest BCUT2D eigenvalue weighted by Crippen LogP contribution is 2.34. The molecule has 0 amide bonds. The number of para-hydroxylation sites is 1. The summed E-state index contributed by atoms with van der Waals surface area (Å²) in [7, 11) is 1.56. The molecule has 1 aromatic rings. The molecule has 0 radical (unpaired) electrons. The number of nitrogens with two attached hydrogens (primary N) is 1. The van der Waals surface area contributed by atoms with E-state index in [4.69, 9.17) is 20.3 Å². The SMILES string of the molecule is COc1c(CC(N)C(=O)O)cccc1OC1CCSC1. The van der Waals surface area contributed by atoms with Gasteiger partial charge in [-0.3, -0.25) is 4.79 Å². The van der Waals surface area contributed by atoms with Crippen molar-refractivity contribution in [3.8, 4) is 11.5 Å². The van der Waals surface area contributed by atoms with Gasteiger partial charge in [-0.2, -0.15) is 11.8 Å². The quantitative estimate of drug-likeness (QED) is 0.829. The molecule has 0 aliphatic carbocycles. The van der Waals surface area contributed by atoms with E-state index in [9.17, 15) is 4.79 Å². The maximum atomic E-state index is 10.9. The van der Waals surface area contributed by atoms with Crippen molar-refractivity contribution < 1.29 is 19.4 Å². The topological polar surface area (TPSA) is 81.8 Å². The number of carboxylic acid groups (broad SMARTS) is 1. The van der Waals surface area contributed by atoms with Gasteiger partial charge in [0.25, 0.3) is 0 Å². The molecule has 2 unspecified atom stereocenters. The summed E-state index contributed by atoms with van der Waals surface area (Å²) in [6.45, 7) is 0. The third kappa shape index (κ3) is 3.58. The highest BCUT2D eigenvalue weighted by Gasteiger charge is 2.21. The lowest BCUT2D eigenvalue weighted by Crippen LogP contribution is -2.32. The Morgan fingerprint density at radius 2 is 2.40 bits per heavy atom. The second-order valence-electron chi connectivity index (χ2n) is 4.70. The monoisotopic (exact) mass is 297 g/mol. The van der Waals surface area contributed by atoms with E-state index in [-0.39, 0.29) is 12.5 Å². The molecule has 1 saturated heterocycles. The number of methoxy groups -OCH3 is 1. The average Bonchev–Trinajstić information content (AvgIpc) is 2.92. The van der Waals surface area contributed by atoms with Gasteiger partial charge in [-0.15, -0.1) is 0 Å². The molecule has 2 rings (SSSR count). The van der Waals surface area contributed by atoms with Crippen LogP contribution in [-0.4, -0.2) is 41.8 Å². The van der Waals surface area contributed by atoms with Gasteiger partial charge in [-0.05, 0) is 18.2 Å². The summed E-state index contributed by atoms with van der Waals surface area (Å²) in [6.07, 6.45) is 1.43. The van der Waals surface area contributed by atoms with Crippen LogP contribution >= 0.6 is 11.8 Å². The van der Waals surface area contributed by atoms with Gasteiger partial charge in [0.2, 0.25) is 0 Å². The summed E-state index contributed by atoms with van der Waals surface area (Å²) < 4.78 is 11.3. The first kappa shape index (κ1) is 15.0. The third-order valence-corrected chi connectivity index (χ3v) is 4.34. The number of ether oxygens (including phenoxy) is 2. The summed E-state index contributed by atoms with van der Waals surface area (Å²) in [5.41, 5.74) is 6.34. The van der Waals surface area contributed by atoms with Crippen LogP contribution in [0.25, 0.3) is 0 Å². The smallest absolute Gasteiger partial charge is 0.320 e. The van der Waals surface area contributed by atoms with E-state index in [0.717, 1.165) is 23.5 Å². The number of benzene rings is 1. The van der Waals surface area contributed by atoms with Gasteiger partial charge in [0.1, 0.15) is 12.1 Å². The summed E-state index contributed by atoms with van der Waals surface area (Å²) >= 11 is 1.87. The summed E-state index contributed by atoms with van der Waals surface area (Å²) in [5, 5.41) is 8.91. The summed E-state index contributed by atoms with van der Waals surface area (Å²) in [4.78, 5) is 10.9. The van der Waals surface area contributed by atoms with Crippen LogP contribution in [0.4, 0.5) is 0 Å². The molecule has 0 spiro atoms. The zero-order valence-electron chi connectivity index (χ0n) is 11.4. The van der Waals surface area contributed by atoms with E-state index in [1.165, 1.54) is 0 Å². The minimum absolute atomic E-state index is 0.192. The molecule has 1 aliphatic rings. The Balaban J connectivity index is 2.17. The largest absolute Gasteiger partial charge is 0.493 e. The van der Waals surface area contributed by atoms with E-state index in [1.54, 1.807) is 7.11 Å². The fourth-order valence-electron chi connectivity index (χ4n) is 2.16. The molecule has 1 heterocycles. The van der Waals surface area contributed by atoms with Crippen molar-refractivity contribution in [2.75, 3.05) is 18.6 Å². The Kier molecular flexibility index (Phi) is 5.14. The van der Waals surface area contributed by atoms with Crippen molar-refractivity contribution in [1.29, 1.82) is 0 Å². The van der Waals surface area contributed by atoms with Crippen LogP contribution in [0.1, 0.15) is 12.0 Å². The van der Waals surface area contributed by atoms with Crippen LogP contribution in [-0.2, 0) is 11.2 Å². The number of hydrogen-bond donors (Lipinski definition) is 2. The number of aliphatic carboxylic acids is 1. The Hall–Kier alpha value is -1.40. The van der Waals surface area contributed by atoms with Crippen molar-refractivity contribution in [2.24, 2.45) is 5.73 Å². The van der Waals surface area contributed by atoms with E-state index in [2.05, 4.69) is 0 Å². The molecule has 110 valence electrons. The minimum atomic E-state index is -1.02. The van der Waals surface area contributed by atoms with Gasteiger partial charge in [0.15, 0.2) is 11.5 Å². The van der Waals surface area contributed by atoms with Gasteiger partial charge in [-0.25, -0.2) is 0 Å². The van der Waals surface area contributed by atoms with E-state index < -0.39 is 12.0 Å². The standard InChI is InChI=1S/C14H19NO4S/c1-18-13-9(7-11(15)14(16)17)3-2-4-12(13)19-10-5-6-20-8-10/h2-4,10-11H,5-8,15H2,1H3,(H,16,17). The highest BCUT2D eigenvalue weighted by atomic mass is 32.2. The fourth-order valence-corrected chi connectivity index (χ4v) is 3.25. The number of carbonyl (C=O) groups is 1. The molecule has 6 heteroatoms. The zero-order valence-corrected chi connectivity index (χ0v) is 12.2. The number of hydrogen-bond acceptors (Lipinski definition) is 5.